The SMILES string of the molecule is c1ccc(-c2nc(-c3ccccc3)nc(-c3ccc4c(c3)c3ccccc3n4-c3ccccc3-c3cccc4c3oc3ccccc34)n2)cc1. The third kappa shape index (κ3) is 4.52. The van der Waals surface area contributed by atoms with Crippen LogP contribution in [0.1, 0.15) is 0 Å². The molecule has 0 unspecified atom stereocenters. The van der Waals surface area contributed by atoms with Gasteiger partial charge in [-0.2, -0.15) is 0 Å². The molecule has 0 fully saturated rings. The lowest BCUT2D eigenvalue weighted by Gasteiger charge is -2.14. The molecule has 0 saturated carbocycles. The summed E-state index contributed by atoms with van der Waals surface area (Å²) in [4.78, 5) is 14.9. The minimum atomic E-state index is 0.633. The van der Waals surface area contributed by atoms with Gasteiger partial charge in [0.2, 0.25) is 0 Å². The Morgan fingerprint density at radius 1 is 0.380 bits per heavy atom. The first-order valence-corrected chi connectivity index (χ1v) is 16.7. The van der Waals surface area contributed by atoms with Crippen molar-refractivity contribution in [2.24, 2.45) is 0 Å². The Labute approximate surface area is 287 Å². The lowest BCUT2D eigenvalue weighted by molar-refractivity contribution is 0.670. The van der Waals surface area contributed by atoms with E-state index in [1.807, 2.05) is 72.8 Å². The first-order chi connectivity index (χ1) is 24.8. The van der Waals surface area contributed by atoms with Gasteiger partial charge in [-0.3, -0.25) is 0 Å². The molecule has 5 heteroatoms. The van der Waals surface area contributed by atoms with Crippen molar-refractivity contribution in [3.8, 4) is 51.0 Å². The van der Waals surface area contributed by atoms with Gasteiger partial charge in [0.15, 0.2) is 17.5 Å². The Hall–Kier alpha value is -6.85. The van der Waals surface area contributed by atoms with Crippen LogP contribution in [0.4, 0.5) is 0 Å². The van der Waals surface area contributed by atoms with Crippen molar-refractivity contribution in [2.45, 2.75) is 0 Å². The predicted octanol–water partition coefficient (Wildman–Crippen LogP) is 11.5. The number of nitrogens with zero attached hydrogens (tertiary/aromatic N) is 4. The van der Waals surface area contributed by atoms with Gasteiger partial charge in [0.1, 0.15) is 11.2 Å². The van der Waals surface area contributed by atoms with Crippen LogP contribution in [0.2, 0.25) is 0 Å². The van der Waals surface area contributed by atoms with Gasteiger partial charge < -0.3 is 8.98 Å². The number of rotatable bonds is 5. The number of hydrogen-bond acceptors (Lipinski definition) is 4. The van der Waals surface area contributed by atoms with Gasteiger partial charge in [-0.05, 0) is 36.4 Å². The number of para-hydroxylation sites is 4. The predicted molar refractivity (Wildman–Crippen MR) is 203 cm³/mol. The van der Waals surface area contributed by atoms with Crippen LogP contribution < -0.4 is 0 Å². The summed E-state index contributed by atoms with van der Waals surface area (Å²) in [6.07, 6.45) is 0. The van der Waals surface area contributed by atoms with E-state index in [1.165, 1.54) is 0 Å². The van der Waals surface area contributed by atoms with E-state index in [2.05, 4.69) is 102 Å². The molecule has 0 N–H and O–H groups in total. The van der Waals surface area contributed by atoms with E-state index in [4.69, 9.17) is 19.4 Å². The average Bonchev–Trinajstić information content (AvgIpc) is 3.74. The molecule has 0 aliphatic rings. The quantitative estimate of drug-likeness (QED) is 0.188. The molecule has 3 heterocycles. The van der Waals surface area contributed by atoms with Crippen molar-refractivity contribution in [1.82, 2.24) is 19.5 Å². The lowest BCUT2D eigenvalue weighted by Crippen LogP contribution is -2.00. The van der Waals surface area contributed by atoms with E-state index in [9.17, 15) is 0 Å². The van der Waals surface area contributed by atoms with Gasteiger partial charge in [-0.15, -0.1) is 0 Å². The molecule has 50 heavy (non-hydrogen) atoms. The summed E-state index contributed by atoms with van der Waals surface area (Å²) >= 11 is 0. The van der Waals surface area contributed by atoms with Crippen LogP contribution >= 0.6 is 0 Å². The highest BCUT2D eigenvalue weighted by Gasteiger charge is 2.20. The number of fused-ring (bicyclic) bond motifs is 6. The third-order valence-electron chi connectivity index (χ3n) is 9.47. The zero-order valence-electron chi connectivity index (χ0n) is 26.9. The van der Waals surface area contributed by atoms with E-state index < -0.39 is 0 Å². The van der Waals surface area contributed by atoms with Crippen LogP contribution in [-0.2, 0) is 0 Å². The Morgan fingerprint density at radius 3 is 1.70 bits per heavy atom. The maximum Gasteiger partial charge on any atom is 0.164 e. The van der Waals surface area contributed by atoms with Gasteiger partial charge >= 0.3 is 0 Å². The summed E-state index contributed by atoms with van der Waals surface area (Å²) < 4.78 is 8.87. The average molecular weight is 641 g/mol. The largest absolute Gasteiger partial charge is 0.455 e. The lowest BCUT2D eigenvalue weighted by atomic mass is 10.0. The summed E-state index contributed by atoms with van der Waals surface area (Å²) in [6.45, 7) is 0. The molecule has 10 rings (SSSR count). The first kappa shape index (κ1) is 28.2. The van der Waals surface area contributed by atoms with Crippen LogP contribution in [0.3, 0.4) is 0 Å². The van der Waals surface area contributed by atoms with E-state index >= 15 is 0 Å². The Morgan fingerprint density at radius 2 is 0.940 bits per heavy atom. The topological polar surface area (TPSA) is 56.7 Å². The maximum absolute atomic E-state index is 6.50. The van der Waals surface area contributed by atoms with Crippen molar-refractivity contribution in [1.29, 1.82) is 0 Å². The van der Waals surface area contributed by atoms with Gasteiger partial charge in [0, 0.05) is 49.4 Å². The van der Waals surface area contributed by atoms with Crippen LogP contribution in [0.15, 0.2) is 174 Å². The molecule has 0 aliphatic carbocycles. The summed E-state index contributed by atoms with van der Waals surface area (Å²) in [5, 5.41) is 4.51. The van der Waals surface area contributed by atoms with Crippen molar-refractivity contribution < 1.29 is 4.42 Å². The summed E-state index contributed by atoms with van der Waals surface area (Å²) in [7, 11) is 0. The number of furan rings is 1. The molecule has 0 saturated heterocycles. The molecule has 0 aliphatic heterocycles. The van der Waals surface area contributed by atoms with Gasteiger partial charge in [-0.1, -0.05) is 133 Å². The molecular formula is C45H28N4O. The van der Waals surface area contributed by atoms with Crippen molar-refractivity contribution in [3.63, 3.8) is 0 Å². The molecule has 234 valence electrons. The number of aromatic nitrogens is 4. The minimum Gasteiger partial charge on any atom is -0.455 e. The fraction of sp³-hybridized carbons (Fsp3) is 0. The van der Waals surface area contributed by atoms with Crippen LogP contribution in [0.25, 0.3) is 94.7 Å². The second-order valence-electron chi connectivity index (χ2n) is 12.4. The van der Waals surface area contributed by atoms with Crippen LogP contribution in [-0.4, -0.2) is 19.5 Å². The van der Waals surface area contributed by atoms with Gasteiger partial charge in [-0.25, -0.2) is 15.0 Å². The van der Waals surface area contributed by atoms with E-state index in [1.54, 1.807) is 0 Å². The van der Waals surface area contributed by atoms with E-state index in [0.29, 0.717) is 17.5 Å². The fourth-order valence-corrected chi connectivity index (χ4v) is 7.16. The van der Waals surface area contributed by atoms with Crippen molar-refractivity contribution in [3.05, 3.63) is 170 Å². The van der Waals surface area contributed by atoms with Crippen molar-refractivity contribution in [2.75, 3.05) is 0 Å². The Balaban J connectivity index is 1.19. The smallest absolute Gasteiger partial charge is 0.164 e. The van der Waals surface area contributed by atoms with Crippen LogP contribution in [0.5, 0.6) is 0 Å². The molecule has 0 atom stereocenters. The number of benzene rings is 7. The highest BCUT2D eigenvalue weighted by Crippen LogP contribution is 2.41. The molecule has 0 spiro atoms. The summed E-state index contributed by atoms with van der Waals surface area (Å²) in [5.74, 6) is 1.92. The summed E-state index contributed by atoms with van der Waals surface area (Å²) in [6, 6.07) is 58.6. The normalized spacial score (nSPS) is 11.6. The van der Waals surface area contributed by atoms with Gasteiger partial charge in [0.05, 0.1) is 16.7 Å². The molecular weight excluding hydrogens is 613 g/mol. The number of hydrogen-bond donors (Lipinski definition) is 0. The summed E-state index contributed by atoms with van der Waals surface area (Å²) in [5.41, 5.74) is 10.1. The van der Waals surface area contributed by atoms with Crippen molar-refractivity contribution >= 4 is 43.7 Å². The first-order valence-electron chi connectivity index (χ1n) is 16.7. The Bertz CT molecular complexity index is 2810. The molecule has 0 radical (unpaired) electrons. The molecule has 7 aromatic carbocycles. The van der Waals surface area contributed by atoms with E-state index in [0.717, 1.165) is 77.2 Å². The molecule has 3 aromatic heterocycles. The van der Waals surface area contributed by atoms with Gasteiger partial charge in [0.25, 0.3) is 0 Å². The zero-order valence-corrected chi connectivity index (χ0v) is 26.9. The van der Waals surface area contributed by atoms with E-state index in [-0.39, 0.29) is 0 Å². The van der Waals surface area contributed by atoms with Crippen LogP contribution in [0, 0.1) is 0 Å². The second-order valence-corrected chi connectivity index (χ2v) is 12.4. The molecule has 0 amide bonds. The standard InChI is InChI=1S/C45H28N4O/c1-3-14-29(15-4-1)43-46-44(30-16-5-2-6-17-30)48-45(47-43)31-26-27-40-37(28-31)33-19-8-11-24-39(33)49(40)38-23-10-7-18-32(38)35-21-13-22-36-34-20-9-12-25-41(34)50-42(35)36/h1-28H. The monoisotopic (exact) mass is 640 g/mol. The zero-order chi connectivity index (χ0) is 33.0. The minimum absolute atomic E-state index is 0.633. The highest BCUT2D eigenvalue weighted by atomic mass is 16.3. The maximum atomic E-state index is 6.50. The fourth-order valence-electron chi connectivity index (χ4n) is 7.16. The Kier molecular flexibility index (Phi) is 6.42. The third-order valence-corrected chi connectivity index (χ3v) is 9.47. The highest BCUT2D eigenvalue weighted by molar-refractivity contribution is 6.13. The molecule has 0 bridgehead atoms. The molecule has 5 nitrogen and oxygen atoms in total. The molecule has 10 aromatic rings. The second kappa shape index (κ2) is 11.4.